The van der Waals surface area contributed by atoms with E-state index < -0.39 is 0 Å². The van der Waals surface area contributed by atoms with Crippen molar-refractivity contribution in [2.45, 2.75) is 6.42 Å². The minimum absolute atomic E-state index is 0.630. The Labute approximate surface area is 136 Å². The van der Waals surface area contributed by atoms with Gasteiger partial charge in [0, 0.05) is 19.7 Å². The Morgan fingerprint density at radius 3 is 2.75 bits per heavy atom. The molecule has 1 heterocycles. The SMILES string of the molecule is COc1cc(Br)c(OCCNCC2CCOC2)cc1Br. The number of rotatable bonds is 7. The molecule has 0 amide bonds. The molecule has 0 aliphatic carbocycles. The lowest BCUT2D eigenvalue weighted by Gasteiger charge is -2.12. The highest BCUT2D eigenvalue weighted by Gasteiger charge is 2.14. The number of methoxy groups -OCH3 is 1. The van der Waals surface area contributed by atoms with E-state index in [-0.39, 0.29) is 0 Å². The maximum absolute atomic E-state index is 5.76. The van der Waals surface area contributed by atoms with E-state index in [0.717, 1.165) is 53.2 Å². The van der Waals surface area contributed by atoms with Gasteiger partial charge in [0.05, 0.1) is 22.7 Å². The summed E-state index contributed by atoms with van der Waals surface area (Å²) in [4.78, 5) is 0. The first kappa shape index (κ1) is 16.1. The second-order valence-corrected chi connectivity index (χ2v) is 6.41. The number of ether oxygens (including phenoxy) is 3. The van der Waals surface area contributed by atoms with Crippen LogP contribution >= 0.6 is 31.9 Å². The molecule has 1 aliphatic heterocycles. The van der Waals surface area contributed by atoms with Crippen LogP contribution in [-0.2, 0) is 4.74 Å². The van der Waals surface area contributed by atoms with Gasteiger partial charge in [-0.25, -0.2) is 0 Å². The van der Waals surface area contributed by atoms with Gasteiger partial charge in [0.2, 0.25) is 0 Å². The van der Waals surface area contributed by atoms with E-state index in [1.54, 1.807) is 7.11 Å². The monoisotopic (exact) mass is 407 g/mol. The molecule has 1 saturated heterocycles. The fourth-order valence-electron chi connectivity index (χ4n) is 2.06. The van der Waals surface area contributed by atoms with E-state index >= 15 is 0 Å². The molecule has 4 nitrogen and oxygen atoms in total. The molecule has 0 spiro atoms. The first-order valence-electron chi connectivity index (χ1n) is 6.65. The van der Waals surface area contributed by atoms with Gasteiger partial charge in [-0.05, 0) is 56.3 Å². The predicted octanol–water partition coefficient (Wildman–Crippen LogP) is 3.23. The van der Waals surface area contributed by atoms with Crippen LogP contribution in [0.15, 0.2) is 21.1 Å². The van der Waals surface area contributed by atoms with Crippen LogP contribution in [0.4, 0.5) is 0 Å². The lowest BCUT2D eigenvalue weighted by atomic mass is 10.1. The molecule has 20 heavy (non-hydrogen) atoms. The topological polar surface area (TPSA) is 39.7 Å². The Morgan fingerprint density at radius 2 is 2.05 bits per heavy atom. The molecule has 6 heteroatoms. The van der Waals surface area contributed by atoms with Crippen LogP contribution in [-0.4, -0.2) is 40.0 Å². The van der Waals surface area contributed by atoms with Gasteiger partial charge in [0.15, 0.2) is 0 Å². The summed E-state index contributed by atoms with van der Waals surface area (Å²) >= 11 is 6.94. The zero-order valence-electron chi connectivity index (χ0n) is 11.5. The maximum atomic E-state index is 5.76. The third-order valence-corrected chi connectivity index (χ3v) is 4.44. The maximum Gasteiger partial charge on any atom is 0.134 e. The standard InChI is InChI=1S/C14H19Br2NO3/c1-18-13-6-12(16)14(7-11(13)15)20-5-3-17-8-10-2-4-19-9-10/h6-7,10,17H,2-5,8-9H2,1H3. The summed E-state index contributed by atoms with van der Waals surface area (Å²) in [5.74, 6) is 2.24. The number of hydrogen-bond acceptors (Lipinski definition) is 4. The Kier molecular flexibility index (Phi) is 6.61. The van der Waals surface area contributed by atoms with E-state index in [1.807, 2.05) is 12.1 Å². The average Bonchev–Trinajstić information content (AvgIpc) is 2.95. The molecule has 1 N–H and O–H groups in total. The zero-order chi connectivity index (χ0) is 14.4. The highest BCUT2D eigenvalue weighted by atomic mass is 79.9. The summed E-state index contributed by atoms with van der Waals surface area (Å²) in [7, 11) is 1.64. The van der Waals surface area contributed by atoms with Crippen LogP contribution in [0.5, 0.6) is 11.5 Å². The molecular weight excluding hydrogens is 390 g/mol. The van der Waals surface area contributed by atoms with E-state index in [0.29, 0.717) is 12.5 Å². The van der Waals surface area contributed by atoms with Crippen molar-refractivity contribution in [3.05, 3.63) is 21.1 Å². The average molecular weight is 409 g/mol. The number of nitrogens with one attached hydrogen (secondary N) is 1. The highest BCUT2D eigenvalue weighted by Crippen LogP contribution is 2.35. The van der Waals surface area contributed by atoms with E-state index in [2.05, 4.69) is 37.2 Å². The summed E-state index contributed by atoms with van der Waals surface area (Å²) in [6.45, 7) is 4.23. The Bertz CT molecular complexity index is 437. The van der Waals surface area contributed by atoms with E-state index in [1.165, 1.54) is 0 Å². The first-order valence-corrected chi connectivity index (χ1v) is 8.23. The quantitative estimate of drug-likeness (QED) is 0.703. The molecule has 1 atom stereocenters. The second kappa shape index (κ2) is 8.22. The molecule has 2 rings (SSSR count). The van der Waals surface area contributed by atoms with Crippen molar-refractivity contribution in [1.82, 2.24) is 5.32 Å². The molecule has 1 fully saturated rings. The van der Waals surface area contributed by atoms with Gasteiger partial charge >= 0.3 is 0 Å². The summed E-state index contributed by atoms with van der Waals surface area (Å²) in [5, 5.41) is 3.40. The number of hydrogen-bond donors (Lipinski definition) is 1. The van der Waals surface area contributed by atoms with Crippen LogP contribution < -0.4 is 14.8 Å². The van der Waals surface area contributed by atoms with Crippen molar-refractivity contribution in [3.63, 3.8) is 0 Å². The van der Waals surface area contributed by atoms with E-state index in [4.69, 9.17) is 14.2 Å². The fourth-order valence-corrected chi connectivity index (χ4v) is 2.98. The van der Waals surface area contributed by atoms with Crippen LogP contribution in [0.25, 0.3) is 0 Å². The highest BCUT2D eigenvalue weighted by molar-refractivity contribution is 9.11. The summed E-state index contributed by atoms with van der Waals surface area (Å²) in [6, 6.07) is 3.80. The molecule has 0 saturated carbocycles. The summed E-state index contributed by atoms with van der Waals surface area (Å²) in [6.07, 6.45) is 1.16. The van der Waals surface area contributed by atoms with Crippen LogP contribution in [0.2, 0.25) is 0 Å². The fraction of sp³-hybridized carbons (Fsp3) is 0.571. The first-order chi connectivity index (χ1) is 9.70. The molecule has 112 valence electrons. The Hall–Kier alpha value is -0.300. The van der Waals surface area contributed by atoms with Crippen molar-refractivity contribution >= 4 is 31.9 Å². The van der Waals surface area contributed by atoms with Crippen molar-refractivity contribution in [2.75, 3.05) is 40.0 Å². The Morgan fingerprint density at radius 1 is 1.30 bits per heavy atom. The van der Waals surface area contributed by atoms with Crippen molar-refractivity contribution in [2.24, 2.45) is 5.92 Å². The molecular formula is C14H19Br2NO3. The second-order valence-electron chi connectivity index (χ2n) is 4.70. The van der Waals surface area contributed by atoms with Gasteiger partial charge in [-0.2, -0.15) is 0 Å². The molecule has 0 radical (unpaired) electrons. The van der Waals surface area contributed by atoms with Crippen molar-refractivity contribution in [1.29, 1.82) is 0 Å². The number of benzene rings is 1. The molecule has 1 unspecified atom stereocenters. The van der Waals surface area contributed by atoms with Gasteiger partial charge in [-0.15, -0.1) is 0 Å². The van der Waals surface area contributed by atoms with Gasteiger partial charge in [0.1, 0.15) is 18.1 Å². The van der Waals surface area contributed by atoms with Crippen LogP contribution in [0.1, 0.15) is 6.42 Å². The molecule has 0 aromatic heterocycles. The smallest absolute Gasteiger partial charge is 0.134 e. The van der Waals surface area contributed by atoms with Gasteiger partial charge in [-0.3, -0.25) is 0 Å². The summed E-state index contributed by atoms with van der Waals surface area (Å²) < 4.78 is 18.1. The van der Waals surface area contributed by atoms with Gasteiger partial charge < -0.3 is 19.5 Å². The minimum atomic E-state index is 0.630. The zero-order valence-corrected chi connectivity index (χ0v) is 14.6. The lowest BCUT2D eigenvalue weighted by molar-refractivity contribution is 0.185. The van der Waals surface area contributed by atoms with E-state index in [9.17, 15) is 0 Å². The Balaban J connectivity index is 1.72. The van der Waals surface area contributed by atoms with Crippen molar-refractivity contribution in [3.8, 4) is 11.5 Å². The predicted molar refractivity (Wildman–Crippen MR) is 85.7 cm³/mol. The normalized spacial score (nSPS) is 18.2. The van der Waals surface area contributed by atoms with Crippen LogP contribution in [0, 0.1) is 5.92 Å². The third-order valence-electron chi connectivity index (χ3n) is 3.20. The largest absolute Gasteiger partial charge is 0.496 e. The minimum Gasteiger partial charge on any atom is -0.496 e. The van der Waals surface area contributed by atoms with Gasteiger partial charge in [0.25, 0.3) is 0 Å². The molecule has 1 aromatic rings. The molecule has 1 aromatic carbocycles. The summed E-state index contributed by atoms with van der Waals surface area (Å²) in [5.41, 5.74) is 0. The van der Waals surface area contributed by atoms with Crippen molar-refractivity contribution < 1.29 is 14.2 Å². The van der Waals surface area contributed by atoms with Gasteiger partial charge in [-0.1, -0.05) is 0 Å². The third kappa shape index (κ3) is 4.62. The lowest BCUT2D eigenvalue weighted by Crippen LogP contribution is -2.27. The molecule has 1 aliphatic rings. The van der Waals surface area contributed by atoms with Crippen LogP contribution in [0.3, 0.4) is 0 Å². The number of halogens is 2. The molecule has 0 bridgehead atoms.